The Morgan fingerprint density at radius 1 is 1.03 bits per heavy atom. The highest BCUT2D eigenvalue weighted by molar-refractivity contribution is 9.10. The molecule has 0 aliphatic carbocycles. The Hall–Kier alpha value is -2.41. The molecule has 1 N–H and O–H groups in total. The Labute approximate surface area is 191 Å². The van der Waals surface area contributed by atoms with Crippen molar-refractivity contribution in [2.24, 2.45) is 5.10 Å². The Morgan fingerprint density at radius 3 is 2.27 bits per heavy atom. The molecule has 0 unspecified atom stereocenters. The van der Waals surface area contributed by atoms with Gasteiger partial charge in [-0.25, -0.2) is 9.82 Å². The van der Waals surface area contributed by atoms with Gasteiger partial charge in [0.25, 0.3) is 0 Å². The van der Waals surface area contributed by atoms with Gasteiger partial charge in [0, 0.05) is 4.47 Å². The molecule has 8 heteroatoms. The molecule has 3 rings (SSSR count). The van der Waals surface area contributed by atoms with Crippen LogP contribution in [0.3, 0.4) is 0 Å². The predicted molar refractivity (Wildman–Crippen MR) is 121 cm³/mol. The van der Waals surface area contributed by atoms with Crippen molar-refractivity contribution in [2.45, 2.75) is 13.0 Å². The largest absolute Gasteiger partial charge is 0.486 e. The highest BCUT2D eigenvalue weighted by atomic mass is 79.9. The third-order valence-corrected chi connectivity index (χ3v) is 5.09. The van der Waals surface area contributed by atoms with Crippen LogP contribution in [0.4, 0.5) is 4.39 Å². The van der Waals surface area contributed by atoms with Gasteiger partial charge in [0.1, 0.15) is 12.4 Å². The molecule has 4 nitrogen and oxygen atoms in total. The van der Waals surface area contributed by atoms with E-state index in [0.29, 0.717) is 33.5 Å². The molecule has 0 aliphatic rings. The van der Waals surface area contributed by atoms with Gasteiger partial charge in [-0.15, -0.1) is 0 Å². The minimum Gasteiger partial charge on any atom is -0.486 e. The van der Waals surface area contributed by atoms with Gasteiger partial charge in [-0.2, -0.15) is 5.10 Å². The Kier molecular flexibility index (Phi) is 7.85. The lowest BCUT2D eigenvalue weighted by Crippen LogP contribution is -2.19. The number of hydrogen-bond donors (Lipinski definition) is 1. The molecular weight excluding hydrogens is 494 g/mol. The smallest absolute Gasteiger partial charge is 0.244 e. The van der Waals surface area contributed by atoms with Crippen molar-refractivity contribution in [1.82, 2.24) is 5.43 Å². The van der Waals surface area contributed by atoms with Gasteiger partial charge in [-0.1, -0.05) is 63.4 Å². The van der Waals surface area contributed by atoms with Crippen LogP contribution in [0.15, 0.2) is 70.2 Å². The molecule has 1 amide bonds. The number of hydrogen-bond acceptors (Lipinski definition) is 3. The number of rotatable bonds is 7. The zero-order valence-electron chi connectivity index (χ0n) is 15.5. The number of nitrogens with one attached hydrogen (secondary N) is 1. The maximum Gasteiger partial charge on any atom is 0.244 e. The summed E-state index contributed by atoms with van der Waals surface area (Å²) in [6.45, 7) is 0.319. The summed E-state index contributed by atoms with van der Waals surface area (Å²) < 4.78 is 19.6. The minimum absolute atomic E-state index is 0.0853. The third-order valence-electron chi connectivity index (χ3n) is 4.00. The van der Waals surface area contributed by atoms with Crippen LogP contribution in [0.5, 0.6) is 5.75 Å². The quantitative estimate of drug-likeness (QED) is 0.306. The molecule has 3 aromatic carbocycles. The zero-order chi connectivity index (χ0) is 21.5. The van der Waals surface area contributed by atoms with E-state index in [4.69, 9.17) is 27.9 Å². The van der Waals surface area contributed by atoms with Crippen molar-refractivity contribution in [3.05, 3.63) is 97.7 Å². The van der Waals surface area contributed by atoms with Crippen molar-refractivity contribution >= 4 is 51.3 Å². The summed E-state index contributed by atoms with van der Waals surface area (Å²) in [6, 6.07) is 16.7. The molecule has 0 fully saturated rings. The number of carbonyl (C=O) groups is 1. The van der Waals surface area contributed by atoms with Crippen LogP contribution in [0.1, 0.15) is 16.7 Å². The number of halogens is 4. The van der Waals surface area contributed by atoms with Gasteiger partial charge in [-0.3, -0.25) is 4.79 Å². The van der Waals surface area contributed by atoms with Crippen LogP contribution in [0.25, 0.3) is 0 Å². The summed E-state index contributed by atoms with van der Waals surface area (Å²) in [5.41, 5.74) is 4.67. The van der Waals surface area contributed by atoms with Crippen molar-refractivity contribution in [3.63, 3.8) is 0 Å². The Morgan fingerprint density at radius 2 is 1.63 bits per heavy atom. The molecule has 0 bridgehead atoms. The fourth-order valence-corrected chi connectivity index (χ4v) is 3.41. The first kappa shape index (κ1) is 22.3. The first-order valence-corrected chi connectivity index (χ1v) is 10.4. The monoisotopic (exact) mass is 508 g/mol. The van der Waals surface area contributed by atoms with Gasteiger partial charge in [-0.05, 0) is 53.1 Å². The van der Waals surface area contributed by atoms with E-state index in [2.05, 4.69) is 26.5 Å². The summed E-state index contributed by atoms with van der Waals surface area (Å²) in [5.74, 6) is -0.307. The normalized spacial score (nSPS) is 10.9. The second-order valence-electron chi connectivity index (χ2n) is 6.33. The molecule has 0 saturated carbocycles. The maximum absolute atomic E-state index is 12.9. The molecule has 0 atom stereocenters. The fourth-order valence-electron chi connectivity index (χ4n) is 2.53. The predicted octanol–water partition coefficient (Wildman–Crippen LogP) is 6.17. The van der Waals surface area contributed by atoms with Crippen LogP contribution < -0.4 is 10.2 Å². The van der Waals surface area contributed by atoms with E-state index in [0.717, 1.165) is 10.0 Å². The number of carbonyl (C=O) groups excluding carboxylic acids is 1. The van der Waals surface area contributed by atoms with Crippen LogP contribution >= 0.6 is 39.1 Å². The average molecular weight is 510 g/mol. The molecule has 0 radical (unpaired) electrons. The van der Waals surface area contributed by atoms with Crippen LogP contribution in [-0.4, -0.2) is 12.1 Å². The van der Waals surface area contributed by atoms with E-state index < -0.39 is 0 Å². The zero-order valence-corrected chi connectivity index (χ0v) is 18.6. The number of hydrazone groups is 1. The third kappa shape index (κ3) is 6.55. The topological polar surface area (TPSA) is 50.7 Å². The second-order valence-corrected chi connectivity index (χ2v) is 8.06. The number of nitrogens with zero attached hydrogens (tertiary/aromatic N) is 1. The van der Waals surface area contributed by atoms with E-state index in [9.17, 15) is 9.18 Å². The Balaban J connectivity index is 1.57. The summed E-state index contributed by atoms with van der Waals surface area (Å²) >= 11 is 16.0. The second kappa shape index (κ2) is 10.6. The number of benzene rings is 3. The number of ether oxygens (including phenoxy) is 1. The minimum atomic E-state index is -0.352. The first-order chi connectivity index (χ1) is 14.4. The highest BCUT2D eigenvalue weighted by Crippen LogP contribution is 2.34. The molecule has 0 heterocycles. The van der Waals surface area contributed by atoms with Crippen molar-refractivity contribution < 1.29 is 13.9 Å². The fraction of sp³-hybridized carbons (Fsp3) is 0.0909. The molecule has 30 heavy (non-hydrogen) atoms. The van der Waals surface area contributed by atoms with E-state index in [1.807, 2.05) is 24.3 Å². The molecule has 0 saturated heterocycles. The van der Waals surface area contributed by atoms with Crippen LogP contribution in [0, 0.1) is 5.82 Å². The summed E-state index contributed by atoms with van der Waals surface area (Å²) in [5, 5.41) is 4.57. The molecular formula is C22H16BrCl2FN2O2. The lowest BCUT2D eigenvalue weighted by molar-refractivity contribution is -0.120. The van der Waals surface area contributed by atoms with E-state index in [-0.39, 0.29) is 18.1 Å². The molecule has 154 valence electrons. The molecule has 0 spiro atoms. The molecule has 3 aromatic rings. The highest BCUT2D eigenvalue weighted by Gasteiger charge is 2.10. The van der Waals surface area contributed by atoms with E-state index in [1.54, 1.807) is 24.3 Å². The maximum atomic E-state index is 12.9. The molecule has 0 aliphatic heterocycles. The van der Waals surface area contributed by atoms with Crippen LogP contribution in [0.2, 0.25) is 10.0 Å². The SMILES string of the molecule is O=C(Cc1ccc(F)cc1)N/N=C/c1cc(Cl)c(OCc2ccc(Br)cc2)c(Cl)c1. The van der Waals surface area contributed by atoms with E-state index >= 15 is 0 Å². The summed E-state index contributed by atoms with van der Waals surface area (Å²) in [7, 11) is 0. The summed E-state index contributed by atoms with van der Waals surface area (Å²) in [6.07, 6.45) is 1.51. The van der Waals surface area contributed by atoms with E-state index in [1.165, 1.54) is 18.3 Å². The van der Waals surface area contributed by atoms with Crippen molar-refractivity contribution in [1.29, 1.82) is 0 Å². The van der Waals surface area contributed by atoms with Gasteiger partial charge in [0.15, 0.2) is 5.75 Å². The van der Waals surface area contributed by atoms with Gasteiger partial charge in [0.2, 0.25) is 5.91 Å². The standard InChI is InChI=1S/C22H16BrCl2FN2O2/c23-17-5-1-15(2-6-17)13-30-22-19(24)9-16(10-20(22)25)12-27-28-21(29)11-14-3-7-18(26)8-4-14/h1-10,12H,11,13H2,(H,28,29)/b27-12+. The van der Waals surface area contributed by atoms with Crippen molar-refractivity contribution in [3.8, 4) is 5.75 Å². The lowest BCUT2D eigenvalue weighted by Gasteiger charge is -2.11. The lowest BCUT2D eigenvalue weighted by atomic mass is 10.1. The van der Waals surface area contributed by atoms with Crippen molar-refractivity contribution in [2.75, 3.05) is 0 Å². The summed E-state index contributed by atoms with van der Waals surface area (Å²) in [4.78, 5) is 11.9. The van der Waals surface area contributed by atoms with Crippen LogP contribution in [-0.2, 0) is 17.8 Å². The first-order valence-electron chi connectivity index (χ1n) is 8.83. The molecule has 0 aromatic heterocycles. The van der Waals surface area contributed by atoms with Gasteiger partial charge in [0.05, 0.1) is 22.7 Å². The Bertz CT molecular complexity index is 1030. The van der Waals surface area contributed by atoms with Gasteiger partial charge < -0.3 is 4.74 Å². The number of amides is 1. The van der Waals surface area contributed by atoms with Gasteiger partial charge >= 0.3 is 0 Å². The average Bonchev–Trinajstić information content (AvgIpc) is 2.70.